The number of hydrogen-bond donors (Lipinski definition) is 3. The van der Waals surface area contributed by atoms with Gasteiger partial charge in [0.05, 0.1) is 30.0 Å². The van der Waals surface area contributed by atoms with Crippen LogP contribution in [-0.4, -0.2) is 38.4 Å². The second kappa shape index (κ2) is 8.99. The number of rotatable bonds is 8. The first-order valence-electron chi connectivity index (χ1n) is 8.92. The molecule has 0 radical (unpaired) electrons. The third kappa shape index (κ3) is 6.08. The van der Waals surface area contributed by atoms with Gasteiger partial charge in [0.1, 0.15) is 10.6 Å². The molecule has 0 aliphatic carbocycles. The van der Waals surface area contributed by atoms with Gasteiger partial charge in [-0.3, -0.25) is 19.6 Å². The SMILES string of the molecule is COc1ccccc1NS(=O)(=O)c1cc([N+](=O)[O-])ccc1NCC(=O)NC(C)(C)C. The summed E-state index contributed by atoms with van der Waals surface area (Å²) in [5.41, 5.74) is -0.649. The largest absolute Gasteiger partial charge is 0.495 e. The second-order valence-corrected chi connectivity index (χ2v) is 9.05. The molecule has 0 aliphatic rings. The maximum atomic E-state index is 13.0. The van der Waals surface area contributed by atoms with Crippen LogP contribution in [0.4, 0.5) is 17.1 Å². The predicted molar refractivity (Wildman–Crippen MR) is 113 cm³/mol. The van der Waals surface area contributed by atoms with Crippen LogP contribution in [-0.2, 0) is 14.8 Å². The Morgan fingerprint density at radius 2 is 1.80 bits per heavy atom. The zero-order chi connectivity index (χ0) is 22.5. The topological polar surface area (TPSA) is 140 Å². The average molecular weight is 436 g/mol. The van der Waals surface area contributed by atoms with E-state index >= 15 is 0 Å². The number of para-hydroxylation sites is 2. The summed E-state index contributed by atoms with van der Waals surface area (Å²) in [6.45, 7) is 5.21. The van der Waals surface area contributed by atoms with Gasteiger partial charge in [0.25, 0.3) is 15.7 Å². The summed E-state index contributed by atoms with van der Waals surface area (Å²) < 4.78 is 33.5. The molecule has 162 valence electrons. The minimum Gasteiger partial charge on any atom is -0.495 e. The molecule has 2 aromatic carbocycles. The maximum absolute atomic E-state index is 13.0. The fourth-order valence-electron chi connectivity index (χ4n) is 2.56. The molecule has 30 heavy (non-hydrogen) atoms. The quantitative estimate of drug-likeness (QED) is 0.427. The minimum atomic E-state index is -4.24. The van der Waals surface area contributed by atoms with E-state index in [1.54, 1.807) is 18.2 Å². The highest BCUT2D eigenvalue weighted by Gasteiger charge is 2.24. The first-order valence-corrected chi connectivity index (χ1v) is 10.4. The van der Waals surface area contributed by atoms with Crippen molar-refractivity contribution in [2.45, 2.75) is 31.2 Å². The number of amides is 1. The van der Waals surface area contributed by atoms with Crippen LogP contribution in [0.25, 0.3) is 0 Å². The summed E-state index contributed by atoms with van der Waals surface area (Å²) in [4.78, 5) is 22.2. The summed E-state index contributed by atoms with van der Waals surface area (Å²) in [7, 11) is -2.85. The van der Waals surface area contributed by atoms with Crippen molar-refractivity contribution >= 4 is 33.0 Å². The van der Waals surface area contributed by atoms with Crippen LogP contribution < -0.4 is 20.1 Å². The van der Waals surface area contributed by atoms with E-state index in [-0.39, 0.29) is 34.5 Å². The van der Waals surface area contributed by atoms with Crippen molar-refractivity contribution in [3.63, 3.8) is 0 Å². The fourth-order valence-corrected chi connectivity index (χ4v) is 3.83. The maximum Gasteiger partial charge on any atom is 0.270 e. The van der Waals surface area contributed by atoms with E-state index in [2.05, 4.69) is 15.4 Å². The van der Waals surface area contributed by atoms with E-state index < -0.39 is 26.2 Å². The zero-order valence-electron chi connectivity index (χ0n) is 17.1. The first kappa shape index (κ1) is 22.9. The summed E-state index contributed by atoms with van der Waals surface area (Å²) >= 11 is 0. The number of carbonyl (C=O) groups is 1. The van der Waals surface area contributed by atoms with Gasteiger partial charge in [-0.05, 0) is 39.0 Å². The molecule has 0 saturated carbocycles. The Labute approximate surface area is 174 Å². The number of carbonyl (C=O) groups excluding carboxylic acids is 1. The number of non-ortho nitro benzene ring substituents is 1. The van der Waals surface area contributed by atoms with Gasteiger partial charge in [-0.1, -0.05) is 12.1 Å². The molecule has 3 N–H and O–H groups in total. The van der Waals surface area contributed by atoms with E-state index in [1.165, 1.54) is 19.2 Å². The number of nitrogens with zero attached hydrogens (tertiary/aromatic N) is 1. The first-order chi connectivity index (χ1) is 13.9. The normalized spacial score (nSPS) is 11.5. The van der Waals surface area contributed by atoms with E-state index in [9.17, 15) is 23.3 Å². The highest BCUT2D eigenvalue weighted by molar-refractivity contribution is 7.93. The molecule has 1 amide bonds. The zero-order valence-corrected chi connectivity index (χ0v) is 17.9. The third-order valence-electron chi connectivity index (χ3n) is 3.77. The van der Waals surface area contributed by atoms with Gasteiger partial charge in [0, 0.05) is 17.7 Å². The molecule has 0 atom stereocenters. The van der Waals surface area contributed by atoms with Crippen molar-refractivity contribution in [3.8, 4) is 5.75 Å². The molecule has 0 unspecified atom stereocenters. The van der Waals surface area contributed by atoms with E-state index in [1.807, 2.05) is 20.8 Å². The molecule has 2 aromatic rings. The molecule has 10 nitrogen and oxygen atoms in total. The van der Waals surface area contributed by atoms with Crippen LogP contribution in [0, 0.1) is 10.1 Å². The summed E-state index contributed by atoms with van der Waals surface area (Å²) in [6.07, 6.45) is 0. The Morgan fingerprint density at radius 1 is 1.13 bits per heavy atom. The monoisotopic (exact) mass is 436 g/mol. The standard InChI is InChI=1S/C19H24N4O6S/c1-19(2,3)21-18(24)12-20-15-10-9-13(23(25)26)11-17(15)30(27,28)22-14-7-5-6-8-16(14)29-4/h5-11,20,22H,12H2,1-4H3,(H,21,24). The van der Waals surface area contributed by atoms with Crippen molar-refractivity contribution in [1.82, 2.24) is 5.32 Å². The number of nitrogens with one attached hydrogen (secondary N) is 3. The predicted octanol–water partition coefficient (Wildman–Crippen LogP) is 2.73. The van der Waals surface area contributed by atoms with Gasteiger partial charge < -0.3 is 15.4 Å². The van der Waals surface area contributed by atoms with Crippen LogP contribution in [0.5, 0.6) is 5.75 Å². The molecule has 0 bridgehead atoms. The molecule has 2 rings (SSSR count). The van der Waals surface area contributed by atoms with Crippen molar-refractivity contribution in [2.75, 3.05) is 23.7 Å². The van der Waals surface area contributed by atoms with E-state index in [4.69, 9.17) is 4.74 Å². The number of nitro benzene ring substituents is 1. The van der Waals surface area contributed by atoms with Gasteiger partial charge in [-0.2, -0.15) is 0 Å². The molecule has 0 fully saturated rings. The van der Waals surface area contributed by atoms with Crippen LogP contribution in [0.3, 0.4) is 0 Å². The number of nitro groups is 1. The lowest BCUT2D eigenvalue weighted by Crippen LogP contribution is -2.43. The molecular weight excluding hydrogens is 412 g/mol. The van der Waals surface area contributed by atoms with Crippen LogP contribution in [0.15, 0.2) is 47.4 Å². The highest BCUT2D eigenvalue weighted by atomic mass is 32.2. The Balaban J connectivity index is 2.39. The Hall–Kier alpha value is -3.34. The number of sulfonamides is 1. The second-order valence-electron chi connectivity index (χ2n) is 7.40. The lowest BCUT2D eigenvalue weighted by molar-refractivity contribution is -0.385. The molecule has 0 heterocycles. The van der Waals surface area contributed by atoms with Crippen molar-refractivity contribution < 1.29 is 22.9 Å². The summed E-state index contributed by atoms with van der Waals surface area (Å²) in [5.74, 6) is -0.0764. The lowest BCUT2D eigenvalue weighted by Gasteiger charge is -2.21. The fraction of sp³-hybridized carbons (Fsp3) is 0.316. The molecule has 11 heteroatoms. The lowest BCUT2D eigenvalue weighted by atomic mass is 10.1. The number of benzene rings is 2. The van der Waals surface area contributed by atoms with Gasteiger partial charge in [0.15, 0.2) is 0 Å². The highest BCUT2D eigenvalue weighted by Crippen LogP contribution is 2.31. The molecular formula is C19H24N4O6S. The summed E-state index contributed by atoms with van der Waals surface area (Å²) in [5, 5.41) is 16.6. The van der Waals surface area contributed by atoms with E-state index in [0.717, 1.165) is 12.1 Å². The molecule has 0 saturated heterocycles. The van der Waals surface area contributed by atoms with Crippen molar-refractivity contribution in [2.24, 2.45) is 0 Å². The Bertz CT molecular complexity index is 1050. The smallest absolute Gasteiger partial charge is 0.270 e. The van der Waals surface area contributed by atoms with Gasteiger partial charge in [-0.25, -0.2) is 8.42 Å². The number of ether oxygens (including phenoxy) is 1. The molecule has 0 spiro atoms. The third-order valence-corrected chi connectivity index (χ3v) is 5.18. The van der Waals surface area contributed by atoms with Crippen LogP contribution in [0.1, 0.15) is 20.8 Å². The molecule has 0 aliphatic heterocycles. The minimum absolute atomic E-state index is 0.0482. The average Bonchev–Trinajstić information content (AvgIpc) is 2.65. The van der Waals surface area contributed by atoms with Crippen molar-refractivity contribution in [3.05, 3.63) is 52.6 Å². The summed E-state index contributed by atoms with van der Waals surface area (Å²) in [6, 6.07) is 9.70. The van der Waals surface area contributed by atoms with Crippen LogP contribution >= 0.6 is 0 Å². The number of methoxy groups -OCH3 is 1. The van der Waals surface area contributed by atoms with Gasteiger partial charge in [-0.15, -0.1) is 0 Å². The Morgan fingerprint density at radius 3 is 2.40 bits per heavy atom. The van der Waals surface area contributed by atoms with Gasteiger partial charge in [0.2, 0.25) is 5.91 Å². The van der Waals surface area contributed by atoms with Gasteiger partial charge >= 0.3 is 0 Å². The van der Waals surface area contributed by atoms with Crippen molar-refractivity contribution in [1.29, 1.82) is 0 Å². The number of hydrogen-bond acceptors (Lipinski definition) is 7. The molecule has 0 aromatic heterocycles. The number of anilines is 2. The van der Waals surface area contributed by atoms with E-state index in [0.29, 0.717) is 0 Å². The Kier molecular flexibility index (Phi) is 6.88. The van der Waals surface area contributed by atoms with Crippen LogP contribution in [0.2, 0.25) is 0 Å².